The monoisotopic (exact) mass is 295 g/mol. The van der Waals surface area contributed by atoms with Crippen molar-refractivity contribution in [1.82, 2.24) is 9.97 Å². The van der Waals surface area contributed by atoms with Crippen LogP contribution in [0.3, 0.4) is 0 Å². The molecule has 0 spiro atoms. The Bertz CT molecular complexity index is 504. The Morgan fingerprint density at radius 3 is 2.71 bits per heavy atom. The van der Waals surface area contributed by atoms with E-state index in [4.69, 9.17) is 4.42 Å². The van der Waals surface area contributed by atoms with Crippen LogP contribution in [0.2, 0.25) is 0 Å². The van der Waals surface area contributed by atoms with E-state index in [0.29, 0.717) is 0 Å². The minimum absolute atomic E-state index is 0.755. The summed E-state index contributed by atoms with van der Waals surface area (Å²) >= 11 is 3.38. The SMILES string of the molecule is Cc1nc(Br)cc(N(C)Cc2ccoc2C)n1. The van der Waals surface area contributed by atoms with E-state index in [1.165, 1.54) is 5.56 Å². The number of anilines is 1. The van der Waals surface area contributed by atoms with Crippen molar-refractivity contribution in [3.63, 3.8) is 0 Å². The standard InChI is InChI=1S/C12H14BrN3O/c1-8-10(4-5-17-8)7-16(3)12-6-11(13)14-9(2)15-12/h4-6H,7H2,1-3H3. The maximum atomic E-state index is 5.28. The second-order valence-electron chi connectivity index (χ2n) is 3.95. The molecule has 0 aliphatic heterocycles. The third kappa shape index (κ3) is 2.85. The molecule has 0 aliphatic carbocycles. The van der Waals surface area contributed by atoms with E-state index < -0.39 is 0 Å². The predicted octanol–water partition coefficient (Wildman–Crippen LogP) is 3.09. The zero-order valence-corrected chi connectivity index (χ0v) is 11.7. The van der Waals surface area contributed by atoms with E-state index in [1.54, 1.807) is 6.26 Å². The van der Waals surface area contributed by atoms with Gasteiger partial charge in [0.2, 0.25) is 0 Å². The first-order chi connectivity index (χ1) is 8.06. The van der Waals surface area contributed by atoms with E-state index in [-0.39, 0.29) is 0 Å². The Morgan fingerprint density at radius 2 is 2.12 bits per heavy atom. The molecule has 0 atom stereocenters. The van der Waals surface area contributed by atoms with E-state index in [2.05, 4.69) is 30.8 Å². The van der Waals surface area contributed by atoms with E-state index >= 15 is 0 Å². The number of nitrogens with zero attached hydrogens (tertiary/aromatic N) is 3. The highest BCUT2D eigenvalue weighted by Crippen LogP contribution is 2.18. The van der Waals surface area contributed by atoms with Gasteiger partial charge in [-0.05, 0) is 35.8 Å². The fourth-order valence-electron chi connectivity index (χ4n) is 1.62. The fourth-order valence-corrected chi connectivity index (χ4v) is 2.09. The quantitative estimate of drug-likeness (QED) is 0.816. The molecule has 17 heavy (non-hydrogen) atoms. The van der Waals surface area contributed by atoms with E-state index in [0.717, 1.165) is 28.6 Å². The van der Waals surface area contributed by atoms with Gasteiger partial charge in [-0.25, -0.2) is 9.97 Å². The highest BCUT2D eigenvalue weighted by atomic mass is 79.9. The lowest BCUT2D eigenvalue weighted by Crippen LogP contribution is -2.18. The van der Waals surface area contributed by atoms with Crippen LogP contribution in [0.1, 0.15) is 17.1 Å². The minimum atomic E-state index is 0.755. The van der Waals surface area contributed by atoms with Gasteiger partial charge in [-0.15, -0.1) is 0 Å². The van der Waals surface area contributed by atoms with Crippen LogP contribution in [0.5, 0.6) is 0 Å². The number of aryl methyl sites for hydroxylation is 2. The highest BCUT2D eigenvalue weighted by molar-refractivity contribution is 9.10. The molecule has 0 amide bonds. The van der Waals surface area contributed by atoms with Crippen molar-refractivity contribution in [3.8, 4) is 0 Å². The van der Waals surface area contributed by atoms with Crippen LogP contribution < -0.4 is 4.90 Å². The van der Waals surface area contributed by atoms with Crippen LogP contribution in [0.4, 0.5) is 5.82 Å². The van der Waals surface area contributed by atoms with Crippen molar-refractivity contribution in [2.24, 2.45) is 0 Å². The minimum Gasteiger partial charge on any atom is -0.469 e. The molecule has 2 aromatic rings. The number of hydrogen-bond donors (Lipinski definition) is 0. The van der Waals surface area contributed by atoms with Gasteiger partial charge in [-0.3, -0.25) is 0 Å². The molecule has 0 fully saturated rings. The van der Waals surface area contributed by atoms with Crippen LogP contribution in [-0.4, -0.2) is 17.0 Å². The van der Waals surface area contributed by atoms with Gasteiger partial charge in [-0.1, -0.05) is 0 Å². The Kier molecular flexibility index (Phi) is 3.47. The van der Waals surface area contributed by atoms with E-state index in [9.17, 15) is 0 Å². The third-order valence-corrected chi connectivity index (χ3v) is 2.96. The van der Waals surface area contributed by atoms with Crippen molar-refractivity contribution >= 4 is 21.7 Å². The van der Waals surface area contributed by atoms with Crippen LogP contribution in [-0.2, 0) is 6.54 Å². The molecule has 0 unspecified atom stereocenters. The lowest BCUT2D eigenvalue weighted by molar-refractivity contribution is 0.529. The van der Waals surface area contributed by atoms with Crippen molar-refractivity contribution in [2.75, 3.05) is 11.9 Å². The van der Waals surface area contributed by atoms with Crippen molar-refractivity contribution in [1.29, 1.82) is 0 Å². The second-order valence-corrected chi connectivity index (χ2v) is 4.77. The lowest BCUT2D eigenvalue weighted by Gasteiger charge is -2.18. The molecule has 5 heteroatoms. The summed E-state index contributed by atoms with van der Waals surface area (Å²) in [5.41, 5.74) is 1.17. The number of aromatic nitrogens is 2. The normalized spacial score (nSPS) is 10.6. The van der Waals surface area contributed by atoms with Crippen LogP contribution >= 0.6 is 15.9 Å². The number of hydrogen-bond acceptors (Lipinski definition) is 4. The summed E-state index contributed by atoms with van der Waals surface area (Å²) in [6, 6.07) is 3.89. The first kappa shape index (κ1) is 12.1. The van der Waals surface area contributed by atoms with Crippen molar-refractivity contribution in [2.45, 2.75) is 20.4 Å². The molecule has 2 heterocycles. The zero-order chi connectivity index (χ0) is 12.4. The molecule has 0 aromatic carbocycles. The van der Waals surface area contributed by atoms with Gasteiger partial charge in [-0.2, -0.15) is 0 Å². The second kappa shape index (κ2) is 4.87. The average Bonchev–Trinajstić information content (AvgIpc) is 2.63. The maximum absolute atomic E-state index is 5.28. The molecule has 2 aromatic heterocycles. The van der Waals surface area contributed by atoms with Gasteiger partial charge < -0.3 is 9.32 Å². The first-order valence-corrected chi connectivity index (χ1v) is 6.11. The zero-order valence-electron chi connectivity index (χ0n) is 10.1. The molecule has 0 bridgehead atoms. The van der Waals surface area contributed by atoms with Crippen molar-refractivity contribution in [3.05, 3.63) is 40.1 Å². The number of rotatable bonds is 3. The van der Waals surface area contributed by atoms with Gasteiger partial charge in [0.1, 0.15) is 22.0 Å². The molecule has 0 saturated heterocycles. The molecule has 0 radical (unpaired) electrons. The Hall–Kier alpha value is -1.36. The fraction of sp³-hybridized carbons (Fsp3) is 0.333. The summed E-state index contributed by atoms with van der Waals surface area (Å²) < 4.78 is 6.08. The smallest absolute Gasteiger partial charge is 0.133 e. The Labute approximate surface area is 109 Å². The summed E-state index contributed by atoms with van der Waals surface area (Å²) in [7, 11) is 2.00. The van der Waals surface area contributed by atoms with Crippen LogP contribution in [0, 0.1) is 13.8 Å². The molecule has 0 aliphatic rings. The molecule has 0 N–H and O–H groups in total. The summed E-state index contributed by atoms with van der Waals surface area (Å²) in [6.07, 6.45) is 1.71. The molecule has 0 saturated carbocycles. The van der Waals surface area contributed by atoms with Crippen molar-refractivity contribution < 1.29 is 4.42 Å². The maximum Gasteiger partial charge on any atom is 0.133 e. The summed E-state index contributed by atoms with van der Waals surface area (Å²) in [6.45, 7) is 4.61. The lowest BCUT2D eigenvalue weighted by atomic mass is 10.2. The molecule has 4 nitrogen and oxygen atoms in total. The van der Waals surface area contributed by atoms with Crippen LogP contribution in [0.25, 0.3) is 0 Å². The summed E-state index contributed by atoms with van der Waals surface area (Å²) in [4.78, 5) is 10.7. The largest absolute Gasteiger partial charge is 0.469 e. The van der Waals surface area contributed by atoms with Gasteiger partial charge in [0.15, 0.2) is 0 Å². The van der Waals surface area contributed by atoms with Gasteiger partial charge in [0.25, 0.3) is 0 Å². The predicted molar refractivity (Wildman–Crippen MR) is 70.0 cm³/mol. The molecular weight excluding hydrogens is 282 g/mol. The molecule has 2 rings (SSSR count). The molecular formula is C12H14BrN3O. The Morgan fingerprint density at radius 1 is 1.35 bits per heavy atom. The number of halogens is 1. The average molecular weight is 296 g/mol. The van der Waals surface area contributed by atoms with Gasteiger partial charge in [0.05, 0.1) is 6.26 Å². The summed E-state index contributed by atoms with van der Waals surface area (Å²) in [5.74, 6) is 2.59. The third-order valence-electron chi connectivity index (χ3n) is 2.56. The summed E-state index contributed by atoms with van der Waals surface area (Å²) in [5, 5.41) is 0. The highest BCUT2D eigenvalue weighted by Gasteiger charge is 2.09. The number of furan rings is 1. The Balaban J connectivity index is 2.20. The topological polar surface area (TPSA) is 42.2 Å². The molecule has 90 valence electrons. The van der Waals surface area contributed by atoms with Gasteiger partial charge in [0, 0.05) is 25.2 Å². The van der Waals surface area contributed by atoms with E-state index in [1.807, 2.05) is 33.0 Å². The first-order valence-electron chi connectivity index (χ1n) is 5.31. The van der Waals surface area contributed by atoms with Gasteiger partial charge >= 0.3 is 0 Å². The van der Waals surface area contributed by atoms with Crippen LogP contribution in [0.15, 0.2) is 27.4 Å².